The fraction of sp³-hybridized carbons (Fsp3) is 0.357. The van der Waals surface area contributed by atoms with E-state index in [0.29, 0.717) is 42.9 Å². The van der Waals surface area contributed by atoms with Crippen molar-refractivity contribution in [3.05, 3.63) is 100 Å². The third-order valence-corrected chi connectivity index (χ3v) is 9.11. The van der Waals surface area contributed by atoms with Crippen LogP contribution in [0.5, 0.6) is 0 Å². The molecule has 6 nitrogen and oxygen atoms in total. The van der Waals surface area contributed by atoms with Crippen LogP contribution < -0.4 is 4.72 Å². The van der Waals surface area contributed by atoms with Crippen molar-refractivity contribution in [2.75, 3.05) is 12.4 Å². The van der Waals surface area contributed by atoms with Gasteiger partial charge in [0.15, 0.2) is 11.1 Å². The van der Waals surface area contributed by atoms with Gasteiger partial charge in [0.2, 0.25) is 10.0 Å². The van der Waals surface area contributed by atoms with Crippen molar-refractivity contribution >= 4 is 21.1 Å². The lowest BCUT2D eigenvalue weighted by molar-refractivity contribution is 0.121. The molecule has 1 N–H and O–H groups in total. The third-order valence-electron chi connectivity index (χ3n) is 6.28. The SMILES string of the molecule is Cc1cc(C)c(S(=O)(=O)N[C@@H]2c3ccccc3C[C@@H]2OS(=O)CCCOCc2ccccc2)c(C)c1. The second-order valence-electron chi connectivity index (χ2n) is 9.26. The Morgan fingerprint density at radius 2 is 1.64 bits per heavy atom. The molecule has 36 heavy (non-hydrogen) atoms. The van der Waals surface area contributed by atoms with Crippen molar-refractivity contribution in [1.82, 2.24) is 4.72 Å². The van der Waals surface area contributed by atoms with Gasteiger partial charge in [0.25, 0.3) is 0 Å². The highest BCUT2D eigenvalue weighted by molar-refractivity contribution is 7.89. The first-order chi connectivity index (χ1) is 17.2. The Kier molecular flexibility index (Phi) is 8.74. The summed E-state index contributed by atoms with van der Waals surface area (Å²) in [6, 6.07) is 20.7. The first-order valence-electron chi connectivity index (χ1n) is 12.1. The predicted molar refractivity (Wildman–Crippen MR) is 142 cm³/mol. The van der Waals surface area contributed by atoms with E-state index >= 15 is 0 Å². The van der Waals surface area contributed by atoms with Crippen LogP contribution in [0, 0.1) is 20.8 Å². The van der Waals surface area contributed by atoms with E-state index in [1.807, 2.05) is 73.7 Å². The molecular formula is C28H33NO5S2. The molecule has 0 heterocycles. The topological polar surface area (TPSA) is 81.7 Å². The van der Waals surface area contributed by atoms with E-state index in [-0.39, 0.29) is 4.90 Å². The quantitative estimate of drug-likeness (QED) is 0.361. The molecule has 0 aliphatic heterocycles. The highest BCUT2D eigenvalue weighted by atomic mass is 32.2. The van der Waals surface area contributed by atoms with Crippen molar-refractivity contribution in [3.63, 3.8) is 0 Å². The summed E-state index contributed by atoms with van der Waals surface area (Å²) in [5.74, 6) is 0.317. The van der Waals surface area contributed by atoms with Gasteiger partial charge in [-0.25, -0.2) is 17.3 Å². The van der Waals surface area contributed by atoms with E-state index in [2.05, 4.69) is 4.72 Å². The molecule has 0 radical (unpaired) electrons. The molecule has 3 aromatic rings. The van der Waals surface area contributed by atoms with E-state index in [1.165, 1.54) is 0 Å². The fourth-order valence-electron chi connectivity index (χ4n) is 4.83. The molecule has 0 saturated heterocycles. The zero-order valence-corrected chi connectivity index (χ0v) is 22.5. The van der Waals surface area contributed by atoms with Gasteiger partial charge >= 0.3 is 0 Å². The summed E-state index contributed by atoms with van der Waals surface area (Å²) in [7, 11) is -3.83. The maximum atomic E-state index is 13.5. The maximum absolute atomic E-state index is 13.5. The number of benzene rings is 3. The molecular weight excluding hydrogens is 494 g/mol. The van der Waals surface area contributed by atoms with Gasteiger partial charge in [0.1, 0.15) is 0 Å². The minimum atomic E-state index is -3.83. The Morgan fingerprint density at radius 1 is 0.972 bits per heavy atom. The second-order valence-corrected chi connectivity index (χ2v) is 12.1. The molecule has 0 aromatic heterocycles. The molecule has 3 aromatic carbocycles. The van der Waals surface area contributed by atoms with E-state index in [0.717, 1.165) is 22.3 Å². The number of hydrogen-bond donors (Lipinski definition) is 1. The first-order valence-corrected chi connectivity index (χ1v) is 14.8. The average Bonchev–Trinajstić information content (AvgIpc) is 3.14. The van der Waals surface area contributed by atoms with E-state index < -0.39 is 33.2 Å². The largest absolute Gasteiger partial charge is 0.377 e. The van der Waals surface area contributed by atoms with Crippen molar-refractivity contribution in [2.24, 2.45) is 0 Å². The number of hydrogen-bond acceptors (Lipinski definition) is 5. The number of fused-ring (bicyclic) bond motifs is 1. The second kappa shape index (κ2) is 11.8. The summed E-state index contributed by atoms with van der Waals surface area (Å²) in [5, 5.41) is 0. The van der Waals surface area contributed by atoms with Crippen LogP contribution in [0.25, 0.3) is 0 Å². The van der Waals surface area contributed by atoms with Crippen molar-refractivity contribution in [2.45, 2.75) is 57.3 Å². The van der Waals surface area contributed by atoms with Gasteiger partial charge in [-0.05, 0) is 55.0 Å². The van der Waals surface area contributed by atoms with E-state index in [1.54, 1.807) is 13.8 Å². The lowest BCUT2D eigenvalue weighted by Gasteiger charge is -2.23. The van der Waals surface area contributed by atoms with Gasteiger partial charge in [0.05, 0.1) is 29.4 Å². The summed E-state index contributed by atoms with van der Waals surface area (Å²) in [5.41, 5.74) is 5.35. The summed E-state index contributed by atoms with van der Waals surface area (Å²) < 4.78 is 54.2. The molecule has 0 fully saturated rings. The molecule has 0 amide bonds. The van der Waals surface area contributed by atoms with Crippen LogP contribution >= 0.6 is 0 Å². The molecule has 3 atom stereocenters. The van der Waals surface area contributed by atoms with Crippen molar-refractivity contribution in [3.8, 4) is 0 Å². The van der Waals surface area contributed by atoms with Gasteiger partial charge in [-0.3, -0.25) is 4.18 Å². The third kappa shape index (κ3) is 6.49. The highest BCUT2D eigenvalue weighted by Gasteiger charge is 2.38. The van der Waals surface area contributed by atoms with E-state index in [9.17, 15) is 12.6 Å². The smallest absolute Gasteiger partial charge is 0.241 e. The zero-order valence-electron chi connectivity index (χ0n) is 20.9. The number of aryl methyl sites for hydroxylation is 3. The minimum Gasteiger partial charge on any atom is -0.377 e. The number of nitrogens with one attached hydrogen (secondary N) is 1. The highest BCUT2D eigenvalue weighted by Crippen LogP contribution is 2.35. The Hall–Kier alpha value is -2.36. The monoisotopic (exact) mass is 527 g/mol. The summed E-state index contributed by atoms with van der Waals surface area (Å²) >= 11 is -1.57. The molecule has 1 aliphatic carbocycles. The molecule has 192 valence electrons. The van der Waals surface area contributed by atoms with Gasteiger partial charge in [-0.1, -0.05) is 72.3 Å². The van der Waals surface area contributed by atoms with Gasteiger partial charge in [-0.2, -0.15) is 0 Å². The summed E-state index contributed by atoms with van der Waals surface area (Å²) in [6.07, 6.45) is 0.511. The summed E-state index contributed by atoms with van der Waals surface area (Å²) in [4.78, 5) is 0.285. The van der Waals surface area contributed by atoms with Crippen LogP contribution in [-0.2, 0) is 43.1 Å². The standard InChI is InChI=1S/C28H33NO5S2/c1-20-16-21(2)28(22(3)17-20)36(31,32)29-27-25-13-8-7-12-24(25)18-26(27)34-35(30)15-9-14-33-19-23-10-5-4-6-11-23/h4-8,10-13,16-17,26-27,29H,9,14-15,18-19H2,1-3H3/t26-,27+,35?/m0/s1. The predicted octanol–water partition coefficient (Wildman–Crippen LogP) is 4.84. The van der Waals surface area contributed by atoms with Gasteiger partial charge in [-0.15, -0.1) is 0 Å². The molecule has 1 aliphatic rings. The Bertz CT molecular complexity index is 1300. The van der Waals surface area contributed by atoms with Crippen LogP contribution in [0.15, 0.2) is 71.6 Å². The first kappa shape index (κ1) is 26.7. The van der Waals surface area contributed by atoms with Gasteiger partial charge < -0.3 is 4.74 Å². The zero-order chi connectivity index (χ0) is 25.7. The van der Waals surface area contributed by atoms with Crippen LogP contribution in [0.2, 0.25) is 0 Å². The minimum absolute atomic E-state index is 0.285. The molecule has 0 saturated carbocycles. The fourth-order valence-corrected chi connectivity index (χ4v) is 7.43. The van der Waals surface area contributed by atoms with Crippen molar-refractivity contribution in [1.29, 1.82) is 0 Å². The lowest BCUT2D eigenvalue weighted by atomic mass is 10.1. The molecule has 4 rings (SSSR count). The van der Waals surface area contributed by atoms with Crippen LogP contribution in [0.3, 0.4) is 0 Å². The lowest BCUT2D eigenvalue weighted by Crippen LogP contribution is -2.36. The number of ether oxygens (including phenoxy) is 1. The molecule has 0 bridgehead atoms. The molecule has 8 heteroatoms. The number of rotatable bonds is 11. The number of sulfonamides is 1. The van der Waals surface area contributed by atoms with Crippen molar-refractivity contribution < 1.29 is 21.5 Å². The average molecular weight is 528 g/mol. The molecule has 1 unspecified atom stereocenters. The van der Waals surface area contributed by atoms with Crippen LogP contribution in [0.1, 0.15) is 45.8 Å². The Morgan fingerprint density at radius 3 is 2.36 bits per heavy atom. The van der Waals surface area contributed by atoms with Gasteiger partial charge in [0, 0.05) is 13.0 Å². The summed E-state index contributed by atoms with van der Waals surface area (Å²) in [6.45, 7) is 6.54. The Labute approximate surface area is 216 Å². The van der Waals surface area contributed by atoms with E-state index in [4.69, 9.17) is 8.92 Å². The normalized spacial score (nSPS) is 18.2. The van der Waals surface area contributed by atoms with Crippen LogP contribution in [0.4, 0.5) is 0 Å². The molecule has 0 spiro atoms. The van der Waals surface area contributed by atoms with Crippen LogP contribution in [-0.4, -0.2) is 31.1 Å². The Balaban J connectivity index is 1.40. The maximum Gasteiger partial charge on any atom is 0.241 e.